The molecule has 0 spiro atoms. The molecule has 29 heavy (non-hydrogen) atoms. The van der Waals surface area contributed by atoms with Crippen LogP contribution in [0, 0.1) is 0 Å². The number of methoxy groups -OCH3 is 1. The molecule has 1 aliphatic carbocycles. The van der Waals surface area contributed by atoms with Crippen molar-refractivity contribution in [2.45, 2.75) is 32.8 Å². The molecule has 1 atom stereocenters. The van der Waals surface area contributed by atoms with Crippen LogP contribution in [0.2, 0.25) is 0 Å². The highest BCUT2D eigenvalue weighted by atomic mass is 16.6. The first-order valence-electron chi connectivity index (χ1n) is 9.33. The van der Waals surface area contributed by atoms with Crippen molar-refractivity contribution in [2.75, 3.05) is 7.11 Å². The van der Waals surface area contributed by atoms with Crippen LogP contribution in [0.5, 0.6) is 11.5 Å². The lowest BCUT2D eigenvalue weighted by Crippen LogP contribution is -2.18. The molecule has 2 aromatic rings. The highest BCUT2D eigenvalue weighted by Gasteiger charge is 2.25. The number of carbonyl (C=O) groups is 2. The van der Waals surface area contributed by atoms with Crippen LogP contribution in [0.15, 0.2) is 60.7 Å². The predicted octanol–water partition coefficient (Wildman–Crippen LogP) is 4.43. The quantitative estimate of drug-likeness (QED) is 0.413. The topological polar surface area (TPSA) is 61.8 Å². The molecule has 0 fully saturated rings. The summed E-state index contributed by atoms with van der Waals surface area (Å²) in [6.07, 6.45) is 1.18. The highest BCUT2D eigenvalue weighted by molar-refractivity contribution is 5.89. The Morgan fingerprint density at radius 1 is 0.862 bits per heavy atom. The molecule has 0 aromatic heterocycles. The molecule has 0 N–H and O–H groups in total. The molecule has 0 aliphatic heterocycles. The van der Waals surface area contributed by atoms with Gasteiger partial charge in [0, 0.05) is 24.0 Å². The zero-order chi connectivity index (χ0) is 21.1. The molecule has 0 bridgehead atoms. The Balaban J connectivity index is 1.84. The smallest absolute Gasteiger partial charge is 0.338 e. The van der Waals surface area contributed by atoms with Gasteiger partial charge in [0.15, 0.2) is 11.5 Å². The molecule has 1 aliphatic rings. The summed E-state index contributed by atoms with van der Waals surface area (Å²) in [5.41, 5.74) is 4.88. The van der Waals surface area contributed by atoms with Gasteiger partial charge in [0.25, 0.3) is 0 Å². The molecule has 0 heterocycles. The SMILES string of the molecule is C=C(C)C(=O)Oc1cc(-c2ccc3c(c2)CC(OC(=O)C(=C)C)C3)ccc1OC. The van der Waals surface area contributed by atoms with Crippen LogP contribution in [0.4, 0.5) is 0 Å². The Morgan fingerprint density at radius 3 is 2.14 bits per heavy atom. The second-order valence-corrected chi connectivity index (χ2v) is 7.23. The summed E-state index contributed by atoms with van der Waals surface area (Å²) in [5.74, 6) is -0.0539. The van der Waals surface area contributed by atoms with Crippen molar-refractivity contribution < 1.29 is 23.8 Å². The standard InChI is InChI=1S/C24H24O5/c1-14(2)23(25)28-20-11-17-7-6-16(10-19(17)12-20)18-8-9-21(27-5)22(13-18)29-24(26)15(3)4/h6-10,13,20H,1,3,11-12H2,2,4-5H3. The Morgan fingerprint density at radius 2 is 1.48 bits per heavy atom. The molecule has 0 saturated heterocycles. The van der Waals surface area contributed by atoms with E-state index in [1.54, 1.807) is 26.0 Å². The number of fused-ring (bicyclic) bond motifs is 1. The minimum absolute atomic E-state index is 0.174. The molecule has 2 aromatic carbocycles. The predicted molar refractivity (Wildman–Crippen MR) is 111 cm³/mol. The molecule has 0 saturated carbocycles. The summed E-state index contributed by atoms with van der Waals surface area (Å²) in [5, 5.41) is 0. The number of ether oxygens (including phenoxy) is 3. The van der Waals surface area contributed by atoms with Crippen LogP contribution >= 0.6 is 0 Å². The fourth-order valence-corrected chi connectivity index (χ4v) is 3.22. The number of hydrogen-bond acceptors (Lipinski definition) is 5. The van der Waals surface area contributed by atoms with E-state index >= 15 is 0 Å². The summed E-state index contributed by atoms with van der Waals surface area (Å²) in [4.78, 5) is 23.7. The molecule has 3 rings (SSSR count). The van der Waals surface area contributed by atoms with E-state index in [1.165, 1.54) is 7.11 Å². The van der Waals surface area contributed by atoms with Gasteiger partial charge in [-0.25, -0.2) is 9.59 Å². The van der Waals surface area contributed by atoms with Gasteiger partial charge < -0.3 is 14.2 Å². The van der Waals surface area contributed by atoms with E-state index in [1.807, 2.05) is 18.2 Å². The Hall–Kier alpha value is -3.34. The molecule has 0 radical (unpaired) electrons. The van der Waals surface area contributed by atoms with Gasteiger partial charge in [-0.05, 0) is 48.2 Å². The Bertz CT molecular complexity index is 1000. The highest BCUT2D eigenvalue weighted by Crippen LogP contribution is 2.35. The van der Waals surface area contributed by atoms with Gasteiger partial charge in [-0.1, -0.05) is 37.4 Å². The van der Waals surface area contributed by atoms with E-state index in [2.05, 4.69) is 19.2 Å². The Labute approximate surface area is 170 Å². The molecule has 1 unspecified atom stereocenters. The lowest BCUT2D eigenvalue weighted by molar-refractivity contribution is -0.143. The van der Waals surface area contributed by atoms with E-state index in [0.29, 0.717) is 35.5 Å². The van der Waals surface area contributed by atoms with Gasteiger partial charge >= 0.3 is 11.9 Å². The third kappa shape index (κ3) is 4.57. The van der Waals surface area contributed by atoms with Crippen LogP contribution < -0.4 is 9.47 Å². The summed E-state index contributed by atoms with van der Waals surface area (Å²) >= 11 is 0. The van der Waals surface area contributed by atoms with Gasteiger partial charge in [0.1, 0.15) is 6.10 Å². The fourth-order valence-electron chi connectivity index (χ4n) is 3.22. The average Bonchev–Trinajstić information content (AvgIpc) is 3.09. The number of hydrogen-bond donors (Lipinski definition) is 0. The van der Waals surface area contributed by atoms with Gasteiger partial charge in [0.05, 0.1) is 7.11 Å². The summed E-state index contributed by atoms with van der Waals surface area (Å²) in [7, 11) is 1.52. The number of esters is 2. The third-order valence-corrected chi connectivity index (χ3v) is 4.77. The first-order chi connectivity index (χ1) is 13.8. The number of benzene rings is 2. The first kappa shape index (κ1) is 20.4. The largest absolute Gasteiger partial charge is 0.493 e. The van der Waals surface area contributed by atoms with Crippen LogP contribution in [0.1, 0.15) is 25.0 Å². The minimum Gasteiger partial charge on any atom is -0.493 e. The minimum atomic E-state index is -0.503. The number of rotatable bonds is 6. The van der Waals surface area contributed by atoms with E-state index < -0.39 is 5.97 Å². The summed E-state index contributed by atoms with van der Waals surface area (Å²) in [6, 6.07) is 11.6. The Kier molecular flexibility index (Phi) is 5.87. The van der Waals surface area contributed by atoms with Crippen molar-refractivity contribution >= 4 is 11.9 Å². The van der Waals surface area contributed by atoms with Crippen LogP contribution in [-0.2, 0) is 27.2 Å². The zero-order valence-corrected chi connectivity index (χ0v) is 16.9. The van der Waals surface area contributed by atoms with Crippen molar-refractivity contribution in [1.82, 2.24) is 0 Å². The normalized spacial score (nSPS) is 14.7. The fraction of sp³-hybridized carbons (Fsp3) is 0.250. The van der Waals surface area contributed by atoms with Crippen molar-refractivity contribution in [2.24, 2.45) is 0 Å². The second-order valence-electron chi connectivity index (χ2n) is 7.23. The maximum Gasteiger partial charge on any atom is 0.338 e. The van der Waals surface area contributed by atoms with E-state index in [4.69, 9.17) is 14.2 Å². The lowest BCUT2D eigenvalue weighted by Gasteiger charge is -2.12. The molecule has 150 valence electrons. The van der Waals surface area contributed by atoms with Gasteiger partial charge in [-0.15, -0.1) is 0 Å². The van der Waals surface area contributed by atoms with Crippen molar-refractivity contribution in [3.05, 3.63) is 71.8 Å². The van der Waals surface area contributed by atoms with Crippen molar-refractivity contribution in [3.8, 4) is 22.6 Å². The average molecular weight is 392 g/mol. The van der Waals surface area contributed by atoms with Gasteiger partial charge in [0.2, 0.25) is 0 Å². The van der Waals surface area contributed by atoms with Crippen molar-refractivity contribution in [3.63, 3.8) is 0 Å². The van der Waals surface area contributed by atoms with Crippen molar-refractivity contribution in [1.29, 1.82) is 0 Å². The first-order valence-corrected chi connectivity index (χ1v) is 9.33. The third-order valence-electron chi connectivity index (χ3n) is 4.77. The van der Waals surface area contributed by atoms with Gasteiger partial charge in [-0.2, -0.15) is 0 Å². The second kappa shape index (κ2) is 8.35. The lowest BCUT2D eigenvalue weighted by atomic mass is 10.0. The maximum absolute atomic E-state index is 11.9. The summed E-state index contributed by atoms with van der Waals surface area (Å²) < 4.78 is 16.2. The molecular weight excluding hydrogens is 368 g/mol. The molecule has 5 heteroatoms. The monoisotopic (exact) mass is 392 g/mol. The van der Waals surface area contributed by atoms with E-state index in [0.717, 1.165) is 22.3 Å². The number of carbonyl (C=O) groups excluding carboxylic acids is 2. The molecule has 5 nitrogen and oxygen atoms in total. The summed E-state index contributed by atoms with van der Waals surface area (Å²) in [6.45, 7) is 10.5. The molecular formula is C24H24O5. The molecule has 0 amide bonds. The van der Waals surface area contributed by atoms with Crippen LogP contribution in [0.25, 0.3) is 11.1 Å². The maximum atomic E-state index is 11.9. The van der Waals surface area contributed by atoms with Crippen LogP contribution in [0.3, 0.4) is 0 Å². The zero-order valence-electron chi connectivity index (χ0n) is 16.9. The van der Waals surface area contributed by atoms with E-state index in [9.17, 15) is 9.59 Å². The van der Waals surface area contributed by atoms with Gasteiger partial charge in [-0.3, -0.25) is 0 Å². The van der Waals surface area contributed by atoms with E-state index in [-0.39, 0.29) is 12.1 Å². The van der Waals surface area contributed by atoms with Crippen LogP contribution in [-0.4, -0.2) is 25.2 Å².